The quantitative estimate of drug-likeness (QED) is 0.887. The Bertz CT molecular complexity index is 405. The summed E-state index contributed by atoms with van der Waals surface area (Å²) in [6.45, 7) is 0. The van der Waals surface area contributed by atoms with Crippen molar-refractivity contribution in [2.45, 2.75) is 0 Å². The van der Waals surface area contributed by atoms with E-state index < -0.39 is 0 Å². The molecule has 1 aromatic heterocycles. The number of rotatable bonds is 2. The second-order valence-corrected chi connectivity index (χ2v) is 4.37. The first-order valence-electron chi connectivity index (χ1n) is 3.98. The van der Waals surface area contributed by atoms with Crippen molar-refractivity contribution in [3.05, 3.63) is 39.5 Å². The van der Waals surface area contributed by atoms with E-state index in [-0.39, 0.29) is 0 Å². The number of H-pyrrole nitrogens is 1. The summed E-state index contributed by atoms with van der Waals surface area (Å²) in [5.41, 5.74) is 0.961. The van der Waals surface area contributed by atoms with E-state index in [1.807, 2.05) is 18.2 Å². The third kappa shape index (κ3) is 1.99. The van der Waals surface area contributed by atoms with E-state index in [4.69, 9.17) is 0 Å². The molecule has 0 unspecified atom stereocenters. The number of halogens is 2. The van der Waals surface area contributed by atoms with Crippen LogP contribution in [0.3, 0.4) is 0 Å². The van der Waals surface area contributed by atoms with Gasteiger partial charge in [0.2, 0.25) is 5.95 Å². The normalized spacial score (nSPS) is 10.1. The molecule has 0 saturated carbocycles. The molecular weight excluding hydrogens is 310 g/mol. The maximum atomic E-state index is 4.09. The third-order valence-corrected chi connectivity index (χ3v) is 3.03. The predicted octanol–water partition coefficient (Wildman–Crippen LogP) is 3.68. The van der Waals surface area contributed by atoms with Crippen molar-refractivity contribution in [3.8, 4) is 0 Å². The average Bonchev–Trinajstić information content (AvgIpc) is 2.64. The molecular formula is C9H7Br2N3. The van der Waals surface area contributed by atoms with Crippen molar-refractivity contribution >= 4 is 43.5 Å². The minimum atomic E-state index is 0.720. The Hall–Kier alpha value is -0.810. The van der Waals surface area contributed by atoms with Crippen molar-refractivity contribution in [3.63, 3.8) is 0 Å². The highest BCUT2D eigenvalue weighted by molar-refractivity contribution is 9.11. The molecule has 0 fully saturated rings. The minimum Gasteiger partial charge on any atom is -0.331 e. The van der Waals surface area contributed by atoms with Crippen LogP contribution in [0, 0.1) is 0 Å². The second kappa shape index (κ2) is 4.14. The zero-order valence-electron chi connectivity index (χ0n) is 7.09. The van der Waals surface area contributed by atoms with Gasteiger partial charge < -0.3 is 10.3 Å². The Labute approximate surface area is 98.2 Å². The van der Waals surface area contributed by atoms with E-state index in [0.717, 1.165) is 20.6 Å². The topological polar surface area (TPSA) is 40.7 Å². The minimum absolute atomic E-state index is 0.720. The Morgan fingerprint density at radius 2 is 1.93 bits per heavy atom. The summed E-state index contributed by atoms with van der Waals surface area (Å²) in [6, 6.07) is 5.90. The molecule has 2 N–H and O–H groups in total. The molecule has 2 rings (SSSR count). The van der Waals surface area contributed by atoms with Crippen LogP contribution in [0.5, 0.6) is 0 Å². The fraction of sp³-hybridized carbons (Fsp3) is 0. The van der Waals surface area contributed by atoms with E-state index >= 15 is 0 Å². The van der Waals surface area contributed by atoms with Crippen LogP contribution < -0.4 is 5.32 Å². The molecule has 72 valence electrons. The Morgan fingerprint density at radius 3 is 2.50 bits per heavy atom. The van der Waals surface area contributed by atoms with Crippen LogP contribution in [0.4, 0.5) is 11.6 Å². The molecule has 0 spiro atoms. The van der Waals surface area contributed by atoms with Crippen LogP contribution >= 0.6 is 31.9 Å². The van der Waals surface area contributed by atoms with Crippen molar-refractivity contribution in [1.82, 2.24) is 9.97 Å². The number of hydrogen-bond acceptors (Lipinski definition) is 2. The van der Waals surface area contributed by atoms with Gasteiger partial charge in [-0.3, -0.25) is 0 Å². The van der Waals surface area contributed by atoms with Crippen LogP contribution in [-0.4, -0.2) is 9.97 Å². The molecule has 0 aliphatic heterocycles. The van der Waals surface area contributed by atoms with E-state index in [1.54, 1.807) is 12.4 Å². The van der Waals surface area contributed by atoms with E-state index in [2.05, 4.69) is 47.1 Å². The highest BCUT2D eigenvalue weighted by Gasteiger charge is 2.04. The zero-order chi connectivity index (χ0) is 9.97. The molecule has 0 aliphatic carbocycles. The lowest BCUT2D eigenvalue weighted by atomic mass is 10.3. The fourth-order valence-electron chi connectivity index (χ4n) is 1.07. The van der Waals surface area contributed by atoms with Gasteiger partial charge in [-0.1, -0.05) is 6.07 Å². The van der Waals surface area contributed by atoms with Crippen LogP contribution in [0.1, 0.15) is 0 Å². The highest BCUT2D eigenvalue weighted by Crippen LogP contribution is 2.31. The van der Waals surface area contributed by atoms with Crippen molar-refractivity contribution in [1.29, 1.82) is 0 Å². The summed E-state index contributed by atoms with van der Waals surface area (Å²) in [5.74, 6) is 0.720. The maximum Gasteiger partial charge on any atom is 0.204 e. The van der Waals surface area contributed by atoms with Crippen LogP contribution in [0.15, 0.2) is 39.5 Å². The largest absolute Gasteiger partial charge is 0.331 e. The SMILES string of the molecule is Brc1cccc(Br)c1Nc1ncc[nH]1. The van der Waals surface area contributed by atoms with Gasteiger partial charge >= 0.3 is 0 Å². The summed E-state index contributed by atoms with van der Waals surface area (Å²) < 4.78 is 1.98. The number of aromatic amines is 1. The summed E-state index contributed by atoms with van der Waals surface area (Å²) in [5, 5.41) is 3.16. The molecule has 5 heteroatoms. The molecule has 3 nitrogen and oxygen atoms in total. The number of nitrogens with zero attached hydrogens (tertiary/aromatic N) is 1. The Morgan fingerprint density at radius 1 is 1.21 bits per heavy atom. The molecule has 0 amide bonds. The number of benzene rings is 1. The van der Waals surface area contributed by atoms with Crippen LogP contribution in [-0.2, 0) is 0 Å². The van der Waals surface area contributed by atoms with Gasteiger partial charge in [0.1, 0.15) is 0 Å². The van der Waals surface area contributed by atoms with Gasteiger partial charge in [0.15, 0.2) is 0 Å². The van der Waals surface area contributed by atoms with Crippen LogP contribution in [0.25, 0.3) is 0 Å². The first-order chi connectivity index (χ1) is 6.77. The predicted molar refractivity (Wildman–Crippen MR) is 63.7 cm³/mol. The summed E-state index contributed by atoms with van der Waals surface area (Å²) in [4.78, 5) is 7.06. The fourth-order valence-corrected chi connectivity index (χ4v) is 2.27. The molecule has 1 heterocycles. The molecule has 0 saturated heterocycles. The third-order valence-electron chi connectivity index (χ3n) is 1.70. The smallest absolute Gasteiger partial charge is 0.204 e. The molecule has 0 bridgehead atoms. The number of para-hydroxylation sites is 1. The molecule has 0 radical (unpaired) electrons. The first-order valence-corrected chi connectivity index (χ1v) is 5.56. The summed E-state index contributed by atoms with van der Waals surface area (Å²) >= 11 is 6.92. The van der Waals surface area contributed by atoms with Gasteiger partial charge in [0.25, 0.3) is 0 Å². The van der Waals surface area contributed by atoms with Gasteiger partial charge in [0, 0.05) is 21.3 Å². The first kappa shape index (κ1) is 9.73. The number of anilines is 2. The van der Waals surface area contributed by atoms with Crippen molar-refractivity contribution < 1.29 is 0 Å². The maximum absolute atomic E-state index is 4.09. The molecule has 1 aromatic carbocycles. The number of imidazole rings is 1. The van der Waals surface area contributed by atoms with Crippen LogP contribution in [0.2, 0.25) is 0 Å². The van der Waals surface area contributed by atoms with Gasteiger partial charge in [-0.2, -0.15) is 0 Å². The number of hydrogen-bond donors (Lipinski definition) is 2. The lowest BCUT2D eigenvalue weighted by molar-refractivity contribution is 1.28. The average molecular weight is 317 g/mol. The van der Waals surface area contributed by atoms with E-state index in [0.29, 0.717) is 0 Å². The Kier molecular flexibility index (Phi) is 2.88. The molecule has 14 heavy (non-hydrogen) atoms. The number of nitrogens with one attached hydrogen (secondary N) is 2. The monoisotopic (exact) mass is 315 g/mol. The Balaban J connectivity index is 2.33. The van der Waals surface area contributed by atoms with Gasteiger partial charge in [-0.15, -0.1) is 0 Å². The number of aromatic nitrogens is 2. The van der Waals surface area contributed by atoms with E-state index in [1.165, 1.54) is 0 Å². The van der Waals surface area contributed by atoms with Gasteiger partial charge in [-0.25, -0.2) is 4.98 Å². The second-order valence-electron chi connectivity index (χ2n) is 2.66. The molecule has 0 atom stereocenters. The summed E-state index contributed by atoms with van der Waals surface area (Å²) in [6.07, 6.45) is 3.47. The molecule has 0 aliphatic rings. The van der Waals surface area contributed by atoms with Crippen molar-refractivity contribution in [2.24, 2.45) is 0 Å². The summed E-state index contributed by atoms with van der Waals surface area (Å²) in [7, 11) is 0. The lowest BCUT2D eigenvalue weighted by Crippen LogP contribution is -1.94. The lowest BCUT2D eigenvalue weighted by Gasteiger charge is -2.07. The standard InChI is InChI=1S/C9H7Br2N3/c10-6-2-1-3-7(11)8(6)14-9-12-4-5-13-9/h1-5H,(H2,12,13,14). The van der Waals surface area contributed by atoms with Gasteiger partial charge in [-0.05, 0) is 44.0 Å². The van der Waals surface area contributed by atoms with Crippen molar-refractivity contribution in [2.75, 3.05) is 5.32 Å². The zero-order valence-corrected chi connectivity index (χ0v) is 10.3. The molecule has 2 aromatic rings. The highest BCUT2D eigenvalue weighted by atomic mass is 79.9. The van der Waals surface area contributed by atoms with Gasteiger partial charge in [0.05, 0.1) is 5.69 Å². The van der Waals surface area contributed by atoms with E-state index in [9.17, 15) is 0 Å².